The van der Waals surface area contributed by atoms with Gasteiger partial charge in [-0.15, -0.1) is 0 Å². The van der Waals surface area contributed by atoms with Gasteiger partial charge in [0.25, 0.3) is 11.1 Å². The highest BCUT2D eigenvalue weighted by Crippen LogP contribution is 2.34. The third-order valence-corrected chi connectivity index (χ3v) is 5.37. The molecule has 33 heavy (non-hydrogen) atoms. The Morgan fingerprint density at radius 1 is 1.21 bits per heavy atom. The monoisotopic (exact) mass is 474 g/mol. The minimum absolute atomic E-state index is 0.0587. The van der Waals surface area contributed by atoms with Gasteiger partial charge in [-0.05, 0) is 54.6 Å². The number of carboxylic acid groups (broad SMARTS) is 1. The van der Waals surface area contributed by atoms with E-state index in [2.05, 4.69) is 5.32 Å². The van der Waals surface area contributed by atoms with Crippen LogP contribution < -0.4 is 14.8 Å². The highest BCUT2D eigenvalue weighted by atomic mass is 32.2. The minimum atomic E-state index is -1.14. The van der Waals surface area contributed by atoms with Crippen LogP contribution in [0.15, 0.2) is 47.4 Å². The van der Waals surface area contributed by atoms with Gasteiger partial charge < -0.3 is 19.9 Å². The molecule has 1 aliphatic rings. The van der Waals surface area contributed by atoms with Crippen molar-refractivity contribution < 1.29 is 38.1 Å². The van der Waals surface area contributed by atoms with Gasteiger partial charge in [-0.25, -0.2) is 9.18 Å². The standard InChI is InChI=1S/C22H19FN2O7S/c1-12(21(28)29)32-16-8-7-13(9-17(16)31-2)10-18-20(27)25(22(30)33-18)11-19(26)24-15-6-4-3-5-14(15)23/h3-10,12H,11H2,1-2H3,(H,24,26)(H,28,29)/b18-10+/t12-/m0/s1. The fraction of sp³-hybridized carbons (Fsp3) is 0.182. The number of rotatable bonds is 8. The van der Waals surface area contributed by atoms with Gasteiger partial charge in [0, 0.05) is 0 Å². The van der Waals surface area contributed by atoms with E-state index in [1.54, 1.807) is 6.07 Å². The molecule has 9 nitrogen and oxygen atoms in total. The highest BCUT2D eigenvalue weighted by molar-refractivity contribution is 8.18. The van der Waals surface area contributed by atoms with Crippen LogP contribution in [0.2, 0.25) is 0 Å². The van der Waals surface area contributed by atoms with Crippen molar-refractivity contribution in [1.29, 1.82) is 0 Å². The molecule has 1 fully saturated rings. The number of anilines is 1. The van der Waals surface area contributed by atoms with Crippen molar-refractivity contribution >= 4 is 46.5 Å². The molecule has 0 aromatic heterocycles. The lowest BCUT2D eigenvalue weighted by atomic mass is 10.1. The average molecular weight is 474 g/mol. The van der Waals surface area contributed by atoms with Crippen LogP contribution in [-0.2, 0) is 14.4 Å². The van der Waals surface area contributed by atoms with E-state index in [-0.39, 0.29) is 22.1 Å². The smallest absolute Gasteiger partial charge is 0.344 e. The predicted octanol–water partition coefficient (Wildman–Crippen LogP) is 3.36. The molecule has 1 saturated heterocycles. The summed E-state index contributed by atoms with van der Waals surface area (Å²) in [6.07, 6.45) is 0.337. The molecule has 1 aliphatic heterocycles. The normalized spacial score (nSPS) is 15.5. The highest BCUT2D eigenvalue weighted by Gasteiger charge is 2.36. The van der Waals surface area contributed by atoms with Gasteiger partial charge >= 0.3 is 5.97 Å². The lowest BCUT2D eigenvalue weighted by molar-refractivity contribution is -0.144. The molecule has 1 heterocycles. The Balaban J connectivity index is 1.73. The molecule has 11 heteroatoms. The van der Waals surface area contributed by atoms with E-state index in [1.165, 1.54) is 56.5 Å². The summed E-state index contributed by atoms with van der Waals surface area (Å²) in [6, 6.07) is 10.1. The zero-order valence-electron chi connectivity index (χ0n) is 17.5. The van der Waals surface area contributed by atoms with Gasteiger partial charge in [0.2, 0.25) is 5.91 Å². The fourth-order valence-electron chi connectivity index (χ4n) is 2.80. The first-order valence-electron chi connectivity index (χ1n) is 9.57. The number of imide groups is 1. The maximum Gasteiger partial charge on any atom is 0.344 e. The van der Waals surface area contributed by atoms with Crippen molar-refractivity contribution in [3.63, 3.8) is 0 Å². The second-order valence-electron chi connectivity index (χ2n) is 6.80. The molecule has 0 bridgehead atoms. The first kappa shape index (κ1) is 23.8. The third-order valence-electron chi connectivity index (χ3n) is 4.46. The fourth-order valence-corrected chi connectivity index (χ4v) is 3.63. The Kier molecular flexibility index (Phi) is 7.34. The summed E-state index contributed by atoms with van der Waals surface area (Å²) in [7, 11) is 1.37. The van der Waals surface area contributed by atoms with Crippen molar-refractivity contribution in [2.75, 3.05) is 19.0 Å². The summed E-state index contributed by atoms with van der Waals surface area (Å²) >= 11 is 0.655. The number of carbonyl (C=O) groups is 4. The van der Waals surface area contributed by atoms with Crippen molar-refractivity contribution in [1.82, 2.24) is 4.90 Å². The third kappa shape index (κ3) is 5.69. The van der Waals surface area contributed by atoms with Gasteiger partial charge in [0.05, 0.1) is 17.7 Å². The van der Waals surface area contributed by atoms with Crippen molar-refractivity contribution in [2.24, 2.45) is 0 Å². The van der Waals surface area contributed by atoms with E-state index in [9.17, 15) is 23.6 Å². The van der Waals surface area contributed by atoms with Gasteiger partial charge in [0.15, 0.2) is 17.6 Å². The second-order valence-corrected chi connectivity index (χ2v) is 7.80. The van der Waals surface area contributed by atoms with E-state index in [0.29, 0.717) is 17.3 Å². The molecule has 2 N–H and O–H groups in total. The first-order chi connectivity index (χ1) is 15.7. The van der Waals surface area contributed by atoms with Crippen molar-refractivity contribution in [3.8, 4) is 11.5 Å². The van der Waals surface area contributed by atoms with Gasteiger partial charge in [-0.2, -0.15) is 0 Å². The molecule has 1 atom stereocenters. The van der Waals surface area contributed by atoms with Crippen LogP contribution in [0, 0.1) is 5.82 Å². The number of carboxylic acids is 1. The number of ether oxygens (including phenoxy) is 2. The van der Waals surface area contributed by atoms with Crippen LogP contribution >= 0.6 is 11.8 Å². The molecular formula is C22H19FN2O7S. The van der Waals surface area contributed by atoms with E-state index in [1.807, 2.05) is 0 Å². The Morgan fingerprint density at radius 3 is 2.61 bits per heavy atom. The van der Waals surface area contributed by atoms with Crippen LogP contribution in [0.1, 0.15) is 12.5 Å². The number of thioether (sulfide) groups is 1. The molecule has 0 spiro atoms. The number of halogens is 1. The summed E-state index contributed by atoms with van der Waals surface area (Å²) in [5.74, 6) is -2.75. The molecule has 0 radical (unpaired) electrons. The summed E-state index contributed by atoms with van der Waals surface area (Å²) in [5, 5.41) is 10.7. The second kappa shape index (κ2) is 10.2. The predicted molar refractivity (Wildman–Crippen MR) is 118 cm³/mol. The molecule has 2 aromatic carbocycles. The van der Waals surface area contributed by atoms with Gasteiger partial charge in [-0.1, -0.05) is 18.2 Å². The average Bonchev–Trinajstić information content (AvgIpc) is 3.03. The number of benzene rings is 2. The molecule has 0 saturated carbocycles. The SMILES string of the molecule is COc1cc(/C=C2/SC(=O)N(CC(=O)Nc3ccccc3F)C2=O)ccc1O[C@@H](C)C(=O)O. The number of hydrogen-bond donors (Lipinski definition) is 2. The minimum Gasteiger partial charge on any atom is -0.493 e. The van der Waals surface area contributed by atoms with E-state index >= 15 is 0 Å². The first-order valence-corrected chi connectivity index (χ1v) is 10.4. The quantitative estimate of drug-likeness (QED) is 0.559. The van der Waals surface area contributed by atoms with Crippen LogP contribution in [0.3, 0.4) is 0 Å². The van der Waals surface area contributed by atoms with Crippen LogP contribution in [0.5, 0.6) is 11.5 Å². The Bertz CT molecular complexity index is 1150. The molecule has 0 unspecified atom stereocenters. The number of carbonyl (C=O) groups excluding carboxylic acids is 3. The van der Waals surface area contributed by atoms with Crippen molar-refractivity contribution in [3.05, 3.63) is 58.8 Å². The lowest BCUT2D eigenvalue weighted by Gasteiger charge is -2.14. The Labute approximate surface area is 192 Å². The van der Waals surface area contributed by atoms with Crippen LogP contribution in [0.25, 0.3) is 6.08 Å². The molecule has 2 aromatic rings. The lowest BCUT2D eigenvalue weighted by Crippen LogP contribution is -2.36. The maximum atomic E-state index is 13.7. The molecule has 172 valence electrons. The molecule has 3 rings (SSSR count). The number of methoxy groups -OCH3 is 1. The number of nitrogens with one attached hydrogen (secondary N) is 1. The Hall–Kier alpha value is -3.86. The van der Waals surface area contributed by atoms with Gasteiger partial charge in [0.1, 0.15) is 12.4 Å². The molecule has 3 amide bonds. The summed E-state index contributed by atoms with van der Waals surface area (Å²) < 4.78 is 24.2. The van der Waals surface area contributed by atoms with Crippen LogP contribution in [0.4, 0.5) is 14.9 Å². The van der Waals surface area contributed by atoms with Crippen molar-refractivity contribution in [2.45, 2.75) is 13.0 Å². The van der Waals surface area contributed by atoms with E-state index < -0.39 is 41.5 Å². The maximum absolute atomic E-state index is 13.7. The molecule has 0 aliphatic carbocycles. The number of aliphatic carboxylic acids is 1. The zero-order valence-corrected chi connectivity index (χ0v) is 18.3. The summed E-state index contributed by atoms with van der Waals surface area (Å²) in [6.45, 7) is 0.799. The topological polar surface area (TPSA) is 122 Å². The molecular weight excluding hydrogens is 455 g/mol. The van der Waals surface area contributed by atoms with E-state index in [4.69, 9.17) is 14.6 Å². The Morgan fingerprint density at radius 2 is 1.94 bits per heavy atom. The van der Waals surface area contributed by atoms with Crippen LogP contribution in [-0.4, -0.2) is 52.8 Å². The summed E-state index contributed by atoms with van der Waals surface area (Å²) in [5.41, 5.74) is 0.431. The number of para-hydroxylation sites is 1. The number of hydrogen-bond acceptors (Lipinski definition) is 7. The summed E-state index contributed by atoms with van der Waals surface area (Å²) in [4.78, 5) is 49.0. The largest absolute Gasteiger partial charge is 0.493 e. The number of nitrogens with zero attached hydrogens (tertiary/aromatic N) is 1. The van der Waals surface area contributed by atoms with E-state index in [0.717, 1.165) is 4.90 Å². The zero-order chi connectivity index (χ0) is 24.1. The number of amides is 3. The van der Waals surface area contributed by atoms with Gasteiger partial charge in [-0.3, -0.25) is 19.3 Å².